The van der Waals surface area contributed by atoms with Crippen LogP contribution in [0, 0.1) is 6.92 Å². The van der Waals surface area contributed by atoms with Crippen LogP contribution in [0.4, 0.5) is 5.69 Å². The van der Waals surface area contributed by atoms with Gasteiger partial charge in [0.05, 0.1) is 11.3 Å². The fourth-order valence-corrected chi connectivity index (χ4v) is 3.22. The van der Waals surface area contributed by atoms with Gasteiger partial charge in [0.25, 0.3) is 0 Å². The molecule has 23 heavy (non-hydrogen) atoms. The predicted octanol–water partition coefficient (Wildman–Crippen LogP) is 4.32. The van der Waals surface area contributed by atoms with Crippen LogP contribution >= 0.6 is 23.4 Å². The summed E-state index contributed by atoms with van der Waals surface area (Å²) in [5.74, 6) is 0.867. The van der Waals surface area contributed by atoms with E-state index in [1.807, 2.05) is 31.2 Å². The van der Waals surface area contributed by atoms with Crippen molar-refractivity contribution >= 4 is 45.9 Å². The molecule has 0 bridgehead atoms. The number of thioether (sulfide) groups is 1. The molecule has 0 aliphatic rings. The monoisotopic (exact) mass is 343 g/mol. The molecule has 1 amide bonds. The summed E-state index contributed by atoms with van der Waals surface area (Å²) < 4.78 is 0. The number of carbonyl (C=O) groups excluding carboxylic acids is 1. The Bertz CT molecular complexity index is 869. The number of halogens is 1. The van der Waals surface area contributed by atoms with Crippen LogP contribution in [0.5, 0.6) is 0 Å². The molecule has 4 nitrogen and oxygen atoms in total. The molecule has 1 N–H and O–H groups in total. The van der Waals surface area contributed by atoms with E-state index in [-0.39, 0.29) is 11.7 Å². The third-order valence-electron chi connectivity index (χ3n) is 3.13. The van der Waals surface area contributed by atoms with Gasteiger partial charge in [0.15, 0.2) is 0 Å². The predicted molar refractivity (Wildman–Crippen MR) is 95.1 cm³/mol. The topological polar surface area (TPSA) is 54.9 Å². The number of hydrogen-bond acceptors (Lipinski definition) is 4. The van der Waals surface area contributed by atoms with Gasteiger partial charge in [-0.05, 0) is 31.2 Å². The van der Waals surface area contributed by atoms with Crippen molar-refractivity contribution in [1.82, 2.24) is 9.97 Å². The van der Waals surface area contributed by atoms with Crippen molar-refractivity contribution in [2.75, 3.05) is 11.1 Å². The summed E-state index contributed by atoms with van der Waals surface area (Å²) in [7, 11) is 0. The van der Waals surface area contributed by atoms with Crippen molar-refractivity contribution in [3.63, 3.8) is 0 Å². The first-order valence-electron chi connectivity index (χ1n) is 7.03. The minimum absolute atomic E-state index is 0.0994. The second-order valence-corrected chi connectivity index (χ2v) is 6.34. The lowest BCUT2D eigenvalue weighted by atomic mass is 10.2. The van der Waals surface area contributed by atoms with Crippen molar-refractivity contribution in [2.24, 2.45) is 0 Å². The standard InChI is InChI=1S/C17H14ClN3OS/c1-11-19-15-8-3-2-7-14(15)17(20-11)23-10-16(22)21-13-6-4-5-12(18)9-13/h2-9H,10H2,1H3,(H,21,22). The van der Waals surface area contributed by atoms with Crippen LogP contribution in [0.3, 0.4) is 0 Å². The maximum absolute atomic E-state index is 12.1. The maximum atomic E-state index is 12.1. The van der Waals surface area contributed by atoms with E-state index < -0.39 is 0 Å². The number of aryl methyl sites for hydroxylation is 1. The molecule has 0 spiro atoms. The van der Waals surface area contributed by atoms with Crippen molar-refractivity contribution < 1.29 is 4.79 Å². The van der Waals surface area contributed by atoms with Gasteiger partial charge in [0, 0.05) is 16.1 Å². The smallest absolute Gasteiger partial charge is 0.234 e. The van der Waals surface area contributed by atoms with Gasteiger partial charge in [0.2, 0.25) is 5.91 Å². The molecular formula is C17H14ClN3OS. The van der Waals surface area contributed by atoms with Gasteiger partial charge in [-0.15, -0.1) is 0 Å². The maximum Gasteiger partial charge on any atom is 0.234 e. The number of amides is 1. The van der Waals surface area contributed by atoms with Crippen LogP contribution in [-0.2, 0) is 4.79 Å². The number of rotatable bonds is 4. The second-order valence-electron chi connectivity index (χ2n) is 4.94. The lowest BCUT2D eigenvalue weighted by Crippen LogP contribution is -2.14. The fourth-order valence-electron chi connectivity index (χ4n) is 2.17. The summed E-state index contributed by atoms with van der Waals surface area (Å²) in [6.45, 7) is 1.85. The molecular weight excluding hydrogens is 330 g/mol. The summed E-state index contributed by atoms with van der Waals surface area (Å²) in [6, 6.07) is 14.9. The van der Waals surface area contributed by atoms with E-state index in [4.69, 9.17) is 11.6 Å². The quantitative estimate of drug-likeness (QED) is 0.566. The second kappa shape index (κ2) is 6.98. The zero-order valence-electron chi connectivity index (χ0n) is 12.4. The summed E-state index contributed by atoms with van der Waals surface area (Å²) in [5.41, 5.74) is 1.57. The zero-order chi connectivity index (χ0) is 16.2. The highest BCUT2D eigenvalue weighted by molar-refractivity contribution is 8.00. The summed E-state index contributed by atoms with van der Waals surface area (Å²) in [6.07, 6.45) is 0. The van der Waals surface area contributed by atoms with Crippen molar-refractivity contribution in [3.05, 3.63) is 59.4 Å². The highest BCUT2D eigenvalue weighted by atomic mass is 35.5. The van der Waals surface area contributed by atoms with Crippen molar-refractivity contribution in [2.45, 2.75) is 11.9 Å². The highest BCUT2D eigenvalue weighted by Crippen LogP contribution is 2.25. The van der Waals surface area contributed by atoms with Crippen LogP contribution < -0.4 is 5.32 Å². The summed E-state index contributed by atoms with van der Waals surface area (Å²) in [4.78, 5) is 20.9. The number of hydrogen-bond donors (Lipinski definition) is 1. The molecule has 1 aromatic heterocycles. The number of carbonyl (C=O) groups is 1. The minimum atomic E-state index is -0.0994. The molecule has 0 atom stereocenters. The van der Waals surface area contributed by atoms with Gasteiger partial charge in [-0.3, -0.25) is 4.79 Å². The summed E-state index contributed by atoms with van der Waals surface area (Å²) in [5, 5.41) is 5.19. The zero-order valence-corrected chi connectivity index (χ0v) is 14.0. The van der Waals surface area contributed by atoms with Gasteiger partial charge in [0.1, 0.15) is 10.9 Å². The molecule has 3 aromatic rings. The number of para-hydroxylation sites is 1. The van der Waals surface area contributed by atoms with E-state index in [1.54, 1.807) is 24.3 Å². The Labute approximate surface area is 143 Å². The van der Waals surface area contributed by atoms with E-state index in [1.165, 1.54) is 11.8 Å². The molecule has 0 saturated carbocycles. The third-order valence-corrected chi connectivity index (χ3v) is 4.35. The van der Waals surface area contributed by atoms with E-state index in [0.717, 1.165) is 15.9 Å². The number of fused-ring (bicyclic) bond motifs is 1. The van der Waals surface area contributed by atoms with Crippen molar-refractivity contribution in [1.29, 1.82) is 0 Å². The largest absolute Gasteiger partial charge is 0.325 e. The fraction of sp³-hybridized carbons (Fsp3) is 0.118. The molecule has 1 heterocycles. The average Bonchev–Trinajstić information content (AvgIpc) is 2.52. The first-order chi connectivity index (χ1) is 11.1. The Kier molecular flexibility index (Phi) is 4.79. The average molecular weight is 344 g/mol. The number of nitrogens with zero attached hydrogens (tertiary/aromatic N) is 2. The Morgan fingerprint density at radius 2 is 2.00 bits per heavy atom. The molecule has 0 unspecified atom stereocenters. The minimum Gasteiger partial charge on any atom is -0.325 e. The van der Waals surface area contributed by atoms with Gasteiger partial charge in [-0.2, -0.15) is 0 Å². The Hall–Kier alpha value is -2.11. The molecule has 2 aromatic carbocycles. The van der Waals surface area contributed by atoms with E-state index >= 15 is 0 Å². The number of aromatic nitrogens is 2. The first kappa shape index (κ1) is 15.8. The Morgan fingerprint density at radius 3 is 2.83 bits per heavy atom. The summed E-state index contributed by atoms with van der Waals surface area (Å²) >= 11 is 7.31. The van der Waals surface area contributed by atoms with Crippen molar-refractivity contribution in [3.8, 4) is 0 Å². The Balaban J connectivity index is 1.72. The van der Waals surface area contributed by atoms with Gasteiger partial charge in [-0.25, -0.2) is 9.97 Å². The third kappa shape index (κ3) is 4.00. The first-order valence-corrected chi connectivity index (χ1v) is 8.40. The molecule has 0 aliphatic carbocycles. The van der Waals surface area contributed by atoms with E-state index in [2.05, 4.69) is 15.3 Å². The van der Waals surface area contributed by atoms with Crippen LogP contribution in [-0.4, -0.2) is 21.6 Å². The van der Waals surface area contributed by atoms with Gasteiger partial charge < -0.3 is 5.32 Å². The van der Waals surface area contributed by atoms with Gasteiger partial charge in [-0.1, -0.05) is 47.6 Å². The lowest BCUT2D eigenvalue weighted by molar-refractivity contribution is -0.113. The van der Waals surface area contributed by atoms with Crippen LogP contribution in [0.2, 0.25) is 5.02 Å². The van der Waals surface area contributed by atoms with Crippen LogP contribution in [0.25, 0.3) is 10.9 Å². The lowest BCUT2D eigenvalue weighted by Gasteiger charge is -2.07. The van der Waals surface area contributed by atoms with Crippen LogP contribution in [0.15, 0.2) is 53.6 Å². The molecule has 116 valence electrons. The number of anilines is 1. The molecule has 0 radical (unpaired) electrons. The molecule has 0 fully saturated rings. The number of benzene rings is 2. The molecule has 6 heteroatoms. The van der Waals surface area contributed by atoms with E-state index in [0.29, 0.717) is 16.5 Å². The van der Waals surface area contributed by atoms with Crippen LogP contribution in [0.1, 0.15) is 5.82 Å². The SMILES string of the molecule is Cc1nc(SCC(=O)Nc2cccc(Cl)c2)c2ccccc2n1. The Morgan fingerprint density at radius 1 is 1.17 bits per heavy atom. The molecule has 0 saturated heterocycles. The molecule has 3 rings (SSSR count). The highest BCUT2D eigenvalue weighted by Gasteiger charge is 2.09. The number of nitrogens with one attached hydrogen (secondary N) is 1. The van der Waals surface area contributed by atoms with Gasteiger partial charge >= 0.3 is 0 Å². The molecule has 0 aliphatic heterocycles. The van der Waals surface area contributed by atoms with E-state index in [9.17, 15) is 4.79 Å². The normalized spacial score (nSPS) is 10.7.